The maximum Gasteiger partial charge on any atom is 0.120 e. The minimum Gasteiger partial charge on any atom is -0.348 e. The SMILES string of the molecule is c1ccc2c(c1)CCC(NCc1ncc[nH]1)C2. The zero-order chi connectivity index (χ0) is 11.5. The average molecular weight is 227 g/mol. The Bertz CT molecular complexity index is 476. The van der Waals surface area contributed by atoms with Gasteiger partial charge in [0.25, 0.3) is 0 Å². The lowest BCUT2D eigenvalue weighted by Gasteiger charge is -2.25. The molecule has 0 fully saturated rings. The van der Waals surface area contributed by atoms with Crippen LogP contribution >= 0.6 is 0 Å². The summed E-state index contributed by atoms with van der Waals surface area (Å²) in [7, 11) is 0. The molecule has 17 heavy (non-hydrogen) atoms. The Morgan fingerprint density at radius 1 is 1.29 bits per heavy atom. The van der Waals surface area contributed by atoms with Crippen molar-refractivity contribution < 1.29 is 0 Å². The largest absolute Gasteiger partial charge is 0.348 e. The molecule has 1 aromatic heterocycles. The second-order valence-corrected chi connectivity index (χ2v) is 4.63. The van der Waals surface area contributed by atoms with Crippen molar-refractivity contribution in [3.8, 4) is 0 Å². The van der Waals surface area contributed by atoms with Gasteiger partial charge in [-0.05, 0) is 30.4 Å². The number of rotatable bonds is 3. The van der Waals surface area contributed by atoms with E-state index in [-0.39, 0.29) is 0 Å². The maximum absolute atomic E-state index is 4.23. The molecule has 1 aliphatic rings. The van der Waals surface area contributed by atoms with Gasteiger partial charge in [-0.3, -0.25) is 0 Å². The summed E-state index contributed by atoms with van der Waals surface area (Å²) in [5, 5.41) is 3.57. The van der Waals surface area contributed by atoms with Gasteiger partial charge in [0.15, 0.2) is 0 Å². The first-order valence-corrected chi connectivity index (χ1v) is 6.20. The summed E-state index contributed by atoms with van der Waals surface area (Å²) in [5.74, 6) is 1.02. The van der Waals surface area contributed by atoms with E-state index in [4.69, 9.17) is 0 Å². The standard InChI is InChI=1S/C14H17N3/c1-2-4-12-9-13(6-5-11(12)3-1)17-10-14-15-7-8-16-14/h1-4,7-8,13,17H,5-6,9-10H2,(H,15,16). The van der Waals surface area contributed by atoms with E-state index < -0.39 is 0 Å². The van der Waals surface area contributed by atoms with Gasteiger partial charge < -0.3 is 10.3 Å². The number of hydrogen-bond donors (Lipinski definition) is 2. The summed E-state index contributed by atoms with van der Waals surface area (Å²) in [6, 6.07) is 9.34. The van der Waals surface area contributed by atoms with E-state index in [0.717, 1.165) is 18.8 Å². The molecule has 88 valence electrons. The first-order valence-electron chi connectivity index (χ1n) is 6.20. The Labute approximate surface area is 101 Å². The molecule has 1 atom stereocenters. The lowest BCUT2D eigenvalue weighted by atomic mass is 9.88. The van der Waals surface area contributed by atoms with Crippen LogP contribution < -0.4 is 5.32 Å². The van der Waals surface area contributed by atoms with E-state index in [2.05, 4.69) is 39.6 Å². The van der Waals surface area contributed by atoms with Crippen molar-refractivity contribution in [3.05, 3.63) is 53.6 Å². The zero-order valence-corrected chi connectivity index (χ0v) is 9.82. The molecule has 3 rings (SSSR count). The monoisotopic (exact) mass is 227 g/mol. The number of imidazole rings is 1. The molecule has 0 bridgehead atoms. The van der Waals surface area contributed by atoms with Crippen molar-refractivity contribution in [1.29, 1.82) is 0 Å². The van der Waals surface area contributed by atoms with Gasteiger partial charge in [0, 0.05) is 18.4 Å². The highest BCUT2D eigenvalue weighted by atomic mass is 15.0. The first kappa shape index (κ1) is 10.5. The van der Waals surface area contributed by atoms with Crippen LogP contribution in [0.1, 0.15) is 23.4 Å². The second kappa shape index (κ2) is 4.72. The molecule has 0 radical (unpaired) electrons. The molecule has 1 unspecified atom stereocenters. The molecule has 0 aliphatic heterocycles. The molecular formula is C14H17N3. The summed E-state index contributed by atoms with van der Waals surface area (Å²) in [4.78, 5) is 7.35. The normalized spacial score (nSPS) is 18.9. The van der Waals surface area contributed by atoms with Gasteiger partial charge in [-0.15, -0.1) is 0 Å². The van der Waals surface area contributed by atoms with E-state index in [1.165, 1.54) is 24.0 Å². The zero-order valence-electron chi connectivity index (χ0n) is 9.82. The molecule has 2 N–H and O–H groups in total. The fraction of sp³-hybridized carbons (Fsp3) is 0.357. The number of aromatic amines is 1. The highest BCUT2D eigenvalue weighted by molar-refractivity contribution is 5.30. The molecule has 1 aromatic carbocycles. The van der Waals surface area contributed by atoms with Crippen LogP contribution in [0.4, 0.5) is 0 Å². The number of nitrogens with zero attached hydrogens (tertiary/aromatic N) is 1. The summed E-state index contributed by atoms with van der Waals surface area (Å²) >= 11 is 0. The summed E-state index contributed by atoms with van der Waals surface area (Å²) in [5.41, 5.74) is 3.01. The molecule has 3 heteroatoms. The topological polar surface area (TPSA) is 40.7 Å². The van der Waals surface area contributed by atoms with Crippen molar-refractivity contribution >= 4 is 0 Å². The van der Waals surface area contributed by atoms with Crippen LogP contribution in [0.3, 0.4) is 0 Å². The second-order valence-electron chi connectivity index (χ2n) is 4.63. The van der Waals surface area contributed by atoms with Gasteiger partial charge >= 0.3 is 0 Å². The Kier molecular flexibility index (Phi) is 2.92. The molecule has 3 nitrogen and oxygen atoms in total. The first-order chi connectivity index (χ1) is 8.42. The van der Waals surface area contributed by atoms with E-state index >= 15 is 0 Å². The number of aryl methyl sites for hydroxylation is 1. The lowest BCUT2D eigenvalue weighted by molar-refractivity contribution is 0.452. The predicted molar refractivity (Wildman–Crippen MR) is 67.7 cm³/mol. The van der Waals surface area contributed by atoms with Gasteiger partial charge in [0.2, 0.25) is 0 Å². The van der Waals surface area contributed by atoms with E-state index in [0.29, 0.717) is 6.04 Å². The highest BCUT2D eigenvalue weighted by Crippen LogP contribution is 2.21. The number of nitrogens with one attached hydrogen (secondary N) is 2. The van der Waals surface area contributed by atoms with Crippen LogP contribution in [0.25, 0.3) is 0 Å². The minimum atomic E-state index is 0.579. The molecule has 0 saturated carbocycles. The predicted octanol–water partition coefficient (Wildman–Crippen LogP) is 2.06. The van der Waals surface area contributed by atoms with E-state index in [9.17, 15) is 0 Å². The third-order valence-corrected chi connectivity index (χ3v) is 3.46. The van der Waals surface area contributed by atoms with Crippen LogP contribution in [0.2, 0.25) is 0 Å². The Morgan fingerprint density at radius 2 is 2.18 bits per heavy atom. The summed E-state index contributed by atoms with van der Waals surface area (Å²) in [6.07, 6.45) is 7.21. The van der Waals surface area contributed by atoms with Gasteiger partial charge in [-0.1, -0.05) is 24.3 Å². The molecular weight excluding hydrogens is 210 g/mol. The fourth-order valence-electron chi connectivity index (χ4n) is 2.51. The average Bonchev–Trinajstić information content (AvgIpc) is 2.89. The number of fused-ring (bicyclic) bond motifs is 1. The van der Waals surface area contributed by atoms with Crippen LogP contribution in [-0.4, -0.2) is 16.0 Å². The molecule has 1 aliphatic carbocycles. The fourth-order valence-corrected chi connectivity index (χ4v) is 2.51. The van der Waals surface area contributed by atoms with Gasteiger partial charge in [-0.2, -0.15) is 0 Å². The van der Waals surface area contributed by atoms with Crippen molar-refractivity contribution in [2.75, 3.05) is 0 Å². The minimum absolute atomic E-state index is 0.579. The van der Waals surface area contributed by atoms with E-state index in [1.807, 2.05) is 6.20 Å². The smallest absolute Gasteiger partial charge is 0.120 e. The van der Waals surface area contributed by atoms with E-state index in [1.54, 1.807) is 6.20 Å². The van der Waals surface area contributed by atoms with Crippen LogP contribution in [-0.2, 0) is 19.4 Å². The summed E-state index contributed by atoms with van der Waals surface area (Å²) < 4.78 is 0. The Hall–Kier alpha value is -1.61. The van der Waals surface area contributed by atoms with Crippen molar-refractivity contribution in [2.45, 2.75) is 31.8 Å². The Balaban J connectivity index is 1.61. The molecule has 0 saturated heterocycles. The molecule has 2 aromatic rings. The highest BCUT2D eigenvalue weighted by Gasteiger charge is 2.17. The van der Waals surface area contributed by atoms with Crippen molar-refractivity contribution in [2.24, 2.45) is 0 Å². The lowest BCUT2D eigenvalue weighted by Crippen LogP contribution is -2.34. The molecule has 1 heterocycles. The number of benzene rings is 1. The summed E-state index contributed by atoms with van der Waals surface area (Å²) in [6.45, 7) is 0.833. The van der Waals surface area contributed by atoms with Gasteiger partial charge in [0.1, 0.15) is 5.82 Å². The van der Waals surface area contributed by atoms with Crippen LogP contribution in [0, 0.1) is 0 Å². The third kappa shape index (κ3) is 2.39. The Morgan fingerprint density at radius 3 is 3.00 bits per heavy atom. The number of hydrogen-bond acceptors (Lipinski definition) is 2. The van der Waals surface area contributed by atoms with Crippen LogP contribution in [0.5, 0.6) is 0 Å². The van der Waals surface area contributed by atoms with Gasteiger partial charge in [-0.25, -0.2) is 4.98 Å². The third-order valence-electron chi connectivity index (χ3n) is 3.46. The molecule has 0 spiro atoms. The van der Waals surface area contributed by atoms with Crippen molar-refractivity contribution in [3.63, 3.8) is 0 Å². The number of H-pyrrole nitrogens is 1. The number of aromatic nitrogens is 2. The van der Waals surface area contributed by atoms with Gasteiger partial charge in [0.05, 0.1) is 6.54 Å². The maximum atomic E-state index is 4.23. The quantitative estimate of drug-likeness (QED) is 0.842. The molecule has 0 amide bonds. The van der Waals surface area contributed by atoms with Crippen molar-refractivity contribution in [1.82, 2.24) is 15.3 Å². The van der Waals surface area contributed by atoms with Crippen LogP contribution in [0.15, 0.2) is 36.7 Å².